The van der Waals surface area contributed by atoms with Crippen molar-refractivity contribution < 1.29 is 0 Å². The largest absolute Gasteiger partial charge is 0.226 e. The summed E-state index contributed by atoms with van der Waals surface area (Å²) < 4.78 is -1.46. The Hall–Kier alpha value is 0.900. The summed E-state index contributed by atoms with van der Waals surface area (Å²) in [6.45, 7) is 4.33. The first kappa shape index (κ1) is 11.0. The van der Waals surface area contributed by atoms with E-state index in [1.54, 1.807) is 0 Å². The molecule has 0 radical (unpaired) electrons. The van der Waals surface area contributed by atoms with Crippen LogP contribution in [0.1, 0.15) is 20.3 Å². The van der Waals surface area contributed by atoms with Crippen LogP contribution in [-0.4, -0.2) is 3.79 Å². The zero-order valence-corrected chi connectivity index (χ0v) is 9.90. The molecule has 0 nitrogen and oxygen atoms in total. The Bertz CT molecular complexity index is 212. The molecule has 4 heteroatoms. The molecule has 0 N–H and O–H groups in total. The molecule has 1 atom stereocenters. The molecular weight excluding hydrogens is 238 g/mol. The average molecular weight is 248 g/mol. The van der Waals surface area contributed by atoms with E-state index in [1.807, 2.05) is 6.08 Å². The second kappa shape index (κ2) is 3.24. The quantitative estimate of drug-likeness (QED) is 0.598. The van der Waals surface area contributed by atoms with Crippen LogP contribution in [0.3, 0.4) is 0 Å². The van der Waals surface area contributed by atoms with E-state index in [4.69, 9.17) is 46.4 Å². The molecule has 0 aromatic rings. The van der Waals surface area contributed by atoms with Crippen molar-refractivity contribution in [2.75, 3.05) is 0 Å². The highest BCUT2D eigenvalue weighted by Gasteiger charge is 2.45. The van der Waals surface area contributed by atoms with Gasteiger partial charge in [-0.05, 0) is 17.8 Å². The van der Waals surface area contributed by atoms with Crippen LogP contribution in [0, 0.1) is 11.3 Å². The summed E-state index contributed by atoms with van der Waals surface area (Å²) in [4.78, 5) is 0. The van der Waals surface area contributed by atoms with Gasteiger partial charge in [0.25, 0.3) is 0 Å². The molecular formula is C8H10Cl4. The highest BCUT2D eigenvalue weighted by Crippen LogP contribution is 2.54. The number of hydrogen-bond acceptors (Lipinski definition) is 0. The summed E-state index contributed by atoms with van der Waals surface area (Å²) >= 11 is 22.5. The molecule has 0 amide bonds. The van der Waals surface area contributed by atoms with Gasteiger partial charge in [0.15, 0.2) is 0 Å². The van der Waals surface area contributed by atoms with Crippen molar-refractivity contribution in [2.45, 2.75) is 24.1 Å². The molecule has 1 fully saturated rings. The van der Waals surface area contributed by atoms with E-state index in [2.05, 4.69) is 13.8 Å². The second-order valence-corrected chi connectivity index (χ2v) is 6.50. The summed E-state index contributed by atoms with van der Waals surface area (Å²) in [7, 11) is 0. The van der Waals surface area contributed by atoms with E-state index >= 15 is 0 Å². The van der Waals surface area contributed by atoms with Gasteiger partial charge in [-0.2, -0.15) is 0 Å². The maximum Gasteiger partial charge on any atom is 0.226 e. The fourth-order valence-electron chi connectivity index (χ4n) is 1.06. The SMILES string of the molecule is CC1(C)CC1C=C(Cl)C(Cl)(Cl)Cl. The van der Waals surface area contributed by atoms with Crippen LogP contribution in [0.15, 0.2) is 11.1 Å². The van der Waals surface area contributed by atoms with Crippen LogP contribution >= 0.6 is 46.4 Å². The molecule has 12 heavy (non-hydrogen) atoms. The summed E-state index contributed by atoms with van der Waals surface area (Å²) in [6, 6.07) is 0. The first-order valence-corrected chi connectivity index (χ1v) is 5.19. The molecule has 0 saturated heterocycles. The standard InChI is InChI=1S/C8H10Cl4/c1-7(2)4-5(7)3-6(9)8(10,11)12/h3,5H,4H2,1-2H3. The fourth-order valence-corrected chi connectivity index (χ4v) is 1.40. The lowest BCUT2D eigenvalue weighted by molar-refractivity contribution is 0.609. The van der Waals surface area contributed by atoms with Gasteiger partial charge in [-0.1, -0.05) is 66.3 Å². The van der Waals surface area contributed by atoms with Crippen LogP contribution in [-0.2, 0) is 0 Å². The van der Waals surface area contributed by atoms with Crippen molar-refractivity contribution in [1.82, 2.24) is 0 Å². The third-order valence-corrected chi connectivity index (χ3v) is 3.52. The van der Waals surface area contributed by atoms with Crippen LogP contribution < -0.4 is 0 Å². The van der Waals surface area contributed by atoms with Crippen LogP contribution in [0.2, 0.25) is 0 Å². The second-order valence-electron chi connectivity index (χ2n) is 3.81. The highest BCUT2D eigenvalue weighted by atomic mass is 35.6. The Morgan fingerprint density at radius 1 is 1.42 bits per heavy atom. The molecule has 0 aromatic heterocycles. The van der Waals surface area contributed by atoms with E-state index in [9.17, 15) is 0 Å². The monoisotopic (exact) mass is 246 g/mol. The Morgan fingerprint density at radius 3 is 2.08 bits per heavy atom. The lowest BCUT2D eigenvalue weighted by atomic mass is 10.1. The van der Waals surface area contributed by atoms with E-state index in [-0.39, 0.29) is 0 Å². The molecule has 0 spiro atoms. The Labute approximate surface area is 92.8 Å². The van der Waals surface area contributed by atoms with Gasteiger partial charge in [-0.15, -0.1) is 0 Å². The third-order valence-electron chi connectivity index (χ3n) is 2.21. The molecule has 0 aromatic carbocycles. The molecule has 1 saturated carbocycles. The van der Waals surface area contributed by atoms with Crippen molar-refractivity contribution in [1.29, 1.82) is 0 Å². The molecule has 1 unspecified atom stereocenters. The topological polar surface area (TPSA) is 0 Å². The molecule has 0 heterocycles. The first-order chi connectivity index (χ1) is 5.23. The average Bonchev–Trinajstić information content (AvgIpc) is 2.36. The maximum atomic E-state index is 5.78. The lowest BCUT2D eigenvalue weighted by Crippen LogP contribution is -2.02. The van der Waals surface area contributed by atoms with Gasteiger partial charge in [0.1, 0.15) is 0 Å². The van der Waals surface area contributed by atoms with E-state index in [1.165, 1.54) is 0 Å². The summed E-state index contributed by atoms with van der Waals surface area (Å²) in [5.41, 5.74) is 0.329. The third kappa shape index (κ3) is 2.70. The number of hydrogen-bond donors (Lipinski definition) is 0. The normalized spacial score (nSPS) is 28.8. The van der Waals surface area contributed by atoms with Gasteiger partial charge in [0.05, 0.1) is 5.03 Å². The number of rotatable bonds is 1. The summed E-state index contributed by atoms with van der Waals surface area (Å²) in [5, 5.41) is 0.308. The van der Waals surface area contributed by atoms with Crippen molar-refractivity contribution >= 4 is 46.4 Å². The fraction of sp³-hybridized carbons (Fsp3) is 0.750. The van der Waals surface area contributed by atoms with Crippen molar-refractivity contribution in [3.05, 3.63) is 11.1 Å². The molecule has 70 valence electrons. The molecule has 0 bridgehead atoms. The molecule has 1 rings (SSSR count). The lowest BCUT2D eigenvalue weighted by Gasteiger charge is -2.09. The highest BCUT2D eigenvalue weighted by molar-refractivity contribution is 6.72. The minimum atomic E-state index is -1.46. The summed E-state index contributed by atoms with van der Waals surface area (Å²) in [6.07, 6.45) is 2.96. The maximum absolute atomic E-state index is 5.78. The molecule has 1 aliphatic carbocycles. The predicted octanol–water partition coefficient (Wildman–Crippen LogP) is 4.53. The summed E-state index contributed by atoms with van der Waals surface area (Å²) in [5.74, 6) is 0.459. The Balaban J connectivity index is 2.60. The number of alkyl halides is 3. The Kier molecular flexibility index (Phi) is 2.96. The van der Waals surface area contributed by atoms with Crippen molar-refractivity contribution in [3.63, 3.8) is 0 Å². The zero-order chi connectivity index (χ0) is 9.57. The van der Waals surface area contributed by atoms with E-state index < -0.39 is 3.79 Å². The van der Waals surface area contributed by atoms with E-state index in [0.717, 1.165) is 6.42 Å². The number of halogens is 4. The van der Waals surface area contributed by atoms with E-state index in [0.29, 0.717) is 16.4 Å². The Morgan fingerprint density at radius 2 is 1.83 bits per heavy atom. The van der Waals surface area contributed by atoms with Crippen molar-refractivity contribution in [2.24, 2.45) is 11.3 Å². The van der Waals surface area contributed by atoms with Gasteiger partial charge >= 0.3 is 0 Å². The minimum absolute atomic E-state index is 0.308. The van der Waals surface area contributed by atoms with Gasteiger partial charge in [-0.3, -0.25) is 0 Å². The number of allylic oxidation sites excluding steroid dienone is 2. The smallest absolute Gasteiger partial charge is 0.0848 e. The van der Waals surface area contributed by atoms with Crippen molar-refractivity contribution in [3.8, 4) is 0 Å². The molecule has 1 aliphatic rings. The van der Waals surface area contributed by atoms with Gasteiger partial charge in [0.2, 0.25) is 3.79 Å². The van der Waals surface area contributed by atoms with Gasteiger partial charge in [-0.25, -0.2) is 0 Å². The van der Waals surface area contributed by atoms with Crippen LogP contribution in [0.4, 0.5) is 0 Å². The van der Waals surface area contributed by atoms with Crippen LogP contribution in [0.5, 0.6) is 0 Å². The molecule has 0 aliphatic heterocycles. The predicted molar refractivity (Wildman–Crippen MR) is 56.1 cm³/mol. The van der Waals surface area contributed by atoms with Gasteiger partial charge < -0.3 is 0 Å². The minimum Gasteiger partial charge on any atom is -0.0848 e. The van der Waals surface area contributed by atoms with Crippen LogP contribution in [0.25, 0.3) is 0 Å². The van der Waals surface area contributed by atoms with Gasteiger partial charge in [0, 0.05) is 0 Å². The zero-order valence-electron chi connectivity index (χ0n) is 6.87. The first-order valence-electron chi connectivity index (χ1n) is 3.68.